The molecule has 0 saturated carbocycles. The first-order valence-corrected chi connectivity index (χ1v) is 8.13. The zero-order chi connectivity index (χ0) is 17.1. The molecule has 1 aromatic rings. The number of benzene rings is 1. The van der Waals surface area contributed by atoms with Gasteiger partial charge in [0.25, 0.3) is 6.29 Å². The van der Waals surface area contributed by atoms with E-state index in [1.807, 2.05) is 36.4 Å². The first-order chi connectivity index (χ1) is 11.0. The fraction of sp³-hybridized carbons (Fsp3) is 0.474. The van der Waals surface area contributed by atoms with Crippen LogP contribution in [0.4, 0.5) is 0 Å². The van der Waals surface area contributed by atoms with Gasteiger partial charge >= 0.3 is 11.9 Å². The van der Waals surface area contributed by atoms with Gasteiger partial charge in [0, 0.05) is 19.4 Å². The monoisotopic (exact) mass is 318 g/mol. The Morgan fingerprint density at radius 2 is 1.61 bits per heavy atom. The van der Waals surface area contributed by atoms with Crippen molar-refractivity contribution in [3.05, 3.63) is 41.5 Å². The Balaban J connectivity index is 2.95. The second-order valence-corrected chi connectivity index (χ2v) is 5.49. The molecule has 0 heterocycles. The molecule has 23 heavy (non-hydrogen) atoms. The van der Waals surface area contributed by atoms with E-state index in [2.05, 4.69) is 6.92 Å². The van der Waals surface area contributed by atoms with Crippen molar-refractivity contribution in [2.24, 2.45) is 0 Å². The molecule has 0 atom stereocenters. The highest BCUT2D eigenvalue weighted by Gasteiger charge is 2.20. The molecule has 126 valence electrons. The van der Waals surface area contributed by atoms with Gasteiger partial charge in [0.1, 0.15) is 0 Å². The van der Waals surface area contributed by atoms with Gasteiger partial charge in [-0.25, -0.2) is 0 Å². The van der Waals surface area contributed by atoms with Crippen molar-refractivity contribution in [2.45, 2.75) is 59.2 Å². The molecule has 0 spiro atoms. The van der Waals surface area contributed by atoms with Gasteiger partial charge in [-0.15, -0.1) is 0 Å². The van der Waals surface area contributed by atoms with E-state index >= 15 is 0 Å². The molecule has 0 unspecified atom stereocenters. The predicted octanol–water partition coefficient (Wildman–Crippen LogP) is 4.49. The summed E-state index contributed by atoms with van der Waals surface area (Å²) in [6.45, 7) is 4.78. The summed E-state index contributed by atoms with van der Waals surface area (Å²) in [7, 11) is 0. The Morgan fingerprint density at radius 3 is 2.13 bits per heavy atom. The molecule has 0 aliphatic carbocycles. The van der Waals surface area contributed by atoms with Crippen LogP contribution < -0.4 is 0 Å². The number of unbranched alkanes of at least 4 members (excludes halogenated alkanes) is 3. The number of ether oxygens (including phenoxy) is 2. The summed E-state index contributed by atoms with van der Waals surface area (Å²) in [4.78, 5) is 22.7. The summed E-state index contributed by atoms with van der Waals surface area (Å²) >= 11 is 0. The minimum atomic E-state index is -0.952. The van der Waals surface area contributed by atoms with Gasteiger partial charge in [-0.05, 0) is 24.5 Å². The highest BCUT2D eigenvalue weighted by molar-refractivity contribution is 5.69. The van der Waals surface area contributed by atoms with Crippen molar-refractivity contribution in [3.63, 3.8) is 0 Å². The van der Waals surface area contributed by atoms with Gasteiger partial charge < -0.3 is 9.47 Å². The van der Waals surface area contributed by atoms with Gasteiger partial charge in [0.2, 0.25) is 0 Å². The SMILES string of the molecule is CCCCCC/C(=C\c1ccccc1)C(OC(C)=O)OC(C)=O. The Morgan fingerprint density at radius 1 is 1.00 bits per heavy atom. The molecular weight excluding hydrogens is 292 g/mol. The maximum absolute atomic E-state index is 11.3. The number of rotatable bonds is 9. The van der Waals surface area contributed by atoms with Crippen LogP contribution in [0.2, 0.25) is 0 Å². The standard InChI is InChI=1S/C19H26O4/c1-4-5-6-10-13-18(14-17-11-8-7-9-12-17)19(22-15(2)20)23-16(3)21/h7-9,11-12,14,19H,4-6,10,13H2,1-3H3/b18-14+. The maximum atomic E-state index is 11.3. The average Bonchev–Trinajstić information content (AvgIpc) is 2.50. The topological polar surface area (TPSA) is 52.6 Å². The number of carbonyl (C=O) groups is 2. The van der Waals surface area contributed by atoms with Crippen LogP contribution >= 0.6 is 0 Å². The van der Waals surface area contributed by atoms with Crippen LogP contribution in [-0.4, -0.2) is 18.2 Å². The Kier molecular flexibility index (Phi) is 8.73. The smallest absolute Gasteiger partial charge is 0.305 e. The van der Waals surface area contributed by atoms with Crippen molar-refractivity contribution in [1.82, 2.24) is 0 Å². The van der Waals surface area contributed by atoms with E-state index in [4.69, 9.17) is 9.47 Å². The minimum Gasteiger partial charge on any atom is -0.421 e. The van der Waals surface area contributed by atoms with Crippen LogP contribution in [0.25, 0.3) is 6.08 Å². The average molecular weight is 318 g/mol. The maximum Gasteiger partial charge on any atom is 0.305 e. The molecule has 1 rings (SSSR count). The molecule has 0 amide bonds. The summed E-state index contributed by atoms with van der Waals surface area (Å²) < 4.78 is 10.4. The Labute approximate surface area is 138 Å². The molecule has 0 aliphatic rings. The Bertz CT molecular complexity index is 503. The van der Waals surface area contributed by atoms with Crippen molar-refractivity contribution in [3.8, 4) is 0 Å². The first-order valence-electron chi connectivity index (χ1n) is 8.13. The summed E-state index contributed by atoms with van der Waals surface area (Å²) in [5.41, 5.74) is 1.79. The number of hydrogen-bond acceptors (Lipinski definition) is 4. The lowest BCUT2D eigenvalue weighted by atomic mass is 10.0. The molecule has 0 fully saturated rings. The summed E-state index contributed by atoms with van der Waals surface area (Å²) in [6, 6.07) is 9.74. The van der Waals surface area contributed by atoms with E-state index in [0.717, 1.165) is 43.2 Å². The summed E-state index contributed by atoms with van der Waals surface area (Å²) in [6.07, 6.45) is 6.06. The third-order valence-electron chi connectivity index (χ3n) is 3.32. The second-order valence-electron chi connectivity index (χ2n) is 5.49. The van der Waals surface area contributed by atoms with Gasteiger partial charge in [0.05, 0.1) is 0 Å². The molecule has 0 bridgehead atoms. The van der Waals surface area contributed by atoms with Gasteiger partial charge in [-0.3, -0.25) is 9.59 Å². The van der Waals surface area contributed by atoms with Gasteiger partial charge in [-0.2, -0.15) is 0 Å². The minimum absolute atomic E-state index is 0.469. The van der Waals surface area contributed by atoms with Crippen LogP contribution in [-0.2, 0) is 19.1 Å². The number of esters is 2. The van der Waals surface area contributed by atoms with Crippen molar-refractivity contribution in [2.75, 3.05) is 0 Å². The quantitative estimate of drug-likeness (QED) is 0.382. The molecule has 4 heteroatoms. The van der Waals surface area contributed by atoms with Crippen molar-refractivity contribution >= 4 is 18.0 Å². The lowest BCUT2D eigenvalue weighted by molar-refractivity contribution is -0.178. The third kappa shape index (κ3) is 8.19. The molecule has 4 nitrogen and oxygen atoms in total. The molecule has 0 saturated heterocycles. The van der Waals surface area contributed by atoms with Crippen LogP contribution in [0.3, 0.4) is 0 Å². The third-order valence-corrected chi connectivity index (χ3v) is 3.32. The molecule has 0 aromatic heterocycles. The van der Waals surface area contributed by atoms with Gasteiger partial charge in [-0.1, -0.05) is 56.5 Å². The number of carbonyl (C=O) groups excluding carboxylic acids is 2. The van der Waals surface area contributed by atoms with E-state index in [0.29, 0.717) is 0 Å². The largest absolute Gasteiger partial charge is 0.421 e. The zero-order valence-corrected chi connectivity index (χ0v) is 14.2. The fourth-order valence-electron chi connectivity index (χ4n) is 2.25. The lowest BCUT2D eigenvalue weighted by Gasteiger charge is -2.20. The first kappa shape index (κ1) is 18.9. The van der Waals surface area contributed by atoms with Crippen molar-refractivity contribution < 1.29 is 19.1 Å². The Hall–Kier alpha value is -2.10. The summed E-state index contributed by atoms with van der Waals surface area (Å²) in [5.74, 6) is -0.937. The molecular formula is C19H26O4. The van der Waals surface area contributed by atoms with E-state index in [-0.39, 0.29) is 0 Å². The molecule has 1 aromatic carbocycles. The molecule has 0 aliphatic heterocycles. The lowest BCUT2D eigenvalue weighted by Crippen LogP contribution is -2.24. The van der Waals surface area contributed by atoms with E-state index in [1.54, 1.807) is 0 Å². The van der Waals surface area contributed by atoms with Crippen molar-refractivity contribution in [1.29, 1.82) is 0 Å². The van der Waals surface area contributed by atoms with Crippen LogP contribution in [0.15, 0.2) is 35.9 Å². The van der Waals surface area contributed by atoms with E-state index < -0.39 is 18.2 Å². The van der Waals surface area contributed by atoms with E-state index in [1.165, 1.54) is 13.8 Å². The number of hydrogen-bond donors (Lipinski definition) is 0. The van der Waals surface area contributed by atoms with Crippen LogP contribution in [0.5, 0.6) is 0 Å². The van der Waals surface area contributed by atoms with E-state index in [9.17, 15) is 9.59 Å². The van der Waals surface area contributed by atoms with Crippen LogP contribution in [0.1, 0.15) is 58.4 Å². The predicted molar refractivity (Wildman–Crippen MR) is 90.5 cm³/mol. The summed E-state index contributed by atoms with van der Waals surface area (Å²) in [5, 5.41) is 0. The highest BCUT2D eigenvalue weighted by atomic mass is 16.7. The zero-order valence-electron chi connectivity index (χ0n) is 14.2. The van der Waals surface area contributed by atoms with Gasteiger partial charge in [0.15, 0.2) is 0 Å². The molecule has 0 N–H and O–H groups in total. The highest BCUT2D eigenvalue weighted by Crippen LogP contribution is 2.21. The normalized spacial score (nSPS) is 11.4. The fourth-order valence-corrected chi connectivity index (χ4v) is 2.25. The van der Waals surface area contributed by atoms with Crippen LogP contribution in [0, 0.1) is 0 Å². The molecule has 0 radical (unpaired) electrons. The second kappa shape index (κ2) is 10.6.